The molecule has 0 radical (unpaired) electrons. The Bertz CT molecular complexity index is 831. The smallest absolute Gasteiger partial charge is 0.394 e. The average Bonchev–Trinajstić information content (AvgIpc) is 3.01. The van der Waals surface area contributed by atoms with Crippen LogP contribution in [0.2, 0.25) is 0 Å². The Morgan fingerprint density at radius 1 is 1.20 bits per heavy atom. The summed E-state index contributed by atoms with van der Waals surface area (Å²) in [6.07, 6.45) is -5.90. The fraction of sp³-hybridized carbons (Fsp3) is 0.667. The number of hydrogen-bond donors (Lipinski definition) is 3. The fourth-order valence-electron chi connectivity index (χ4n) is 3.99. The summed E-state index contributed by atoms with van der Waals surface area (Å²) < 4.78 is 69.8. The first-order chi connectivity index (χ1) is 14.0. The lowest BCUT2D eigenvalue weighted by Crippen LogP contribution is -2.57. The lowest BCUT2D eigenvalue weighted by Gasteiger charge is -2.41. The van der Waals surface area contributed by atoms with Crippen LogP contribution in [0.3, 0.4) is 0 Å². The van der Waals surface area contributed by atoms with Gasteiger partial charge in [-0.2, -0.15) is 13.2 Å². The summed E-state index contributed by atoms with van der Waals surface area (Å²) in [6.45, 7) is 1.28. The zero-order valence-electron chi connectivity index (χ0n) is 16.4. The van der Waals surface area contributed by atoms with E-state index in [-0.39, 0.29) is 6.54 Å². The van der Waals surface area contributed by atoms with E-state index in [2.05, 4.69) is 4.72 Å². The van der Waals surface area contributed by atoms with Crippen molar-refractivity contribution < 1.29 is 36.5 Å². The molecule has 4 atom stereocenters. The van der Waals surface area contributed by atoms with Crippen LogP contribution in [0.1, 0.15) is 5.56 Å². The Balaban J connectivity index is 1.68. The van der Waals surface area contributed by atoms with E-state index in [9.17, 15) is 31.8 Å². The molecule has 3 rings (SSSR count). The van der Waals surface area contributed by atoms with Gasteiger partial charge in [0, 0.05) is 38.4 Å². The van der Waals surface area contributed by atoms with E-state index < -0.39 is 52.7 Å². The third kappa shape index (κ3) is 5.42. The summed E-state index contributed by atoms with van der Waals surface area (Å²) in [7, 11) is -3.46. The van der Waals surface area contributed by atoms with Crippen molar-refractivity contribution in [3.8, 4) is 0 Å². The maximum absolute atomic E-state index is 13.0. The predicted molar refractivity (Wildman–Crippen MR) is 104 cm³/mol. The number of anilines is 1. The number of sulfonamides is 1. The summed E-state index contributed by atoms with van der Waals surface area (Å²) in [6, 6.07) is 4.60. The van der Waals surface area contributed by atoms with Crippen LogP contribution < -0.4 is 9.62 Å². The number of aliphatic hydroxyl groups is 2. The van der Waals surface area contributed by atoms with Gasteiger partial charge in [-0.25, -0.2) is 13.1 Å². The van der Waals surface area contributed by atoms with Crippen molar-refractivity contribution in [1.29, 1.82) is 0 Å². The van der Waals surface area contributed by atoms with E-state index in [1.54, 1.807) is 6.07 Å². The SMILES string of the molecule is CS(=O)(=O)NCC1OC(CO)C(O)C1N1CCN(c2cccc(C(F)(F)F)c2)CC1. The first-order valence-electron chi connectivity index (χ1n) is 9.55. The van der Waals surface area contributed by atoms with Crippen LogP contribution in [0.4, 0.5) is 18.9 Å². The topological polar surface area (TPSA) is 102 Å². The van der Waals surface area contributed by atoms with Crippen molar-refractivity contribution in [3.05, 3.63) is 29.8 Å². The summed E-state index contributed by atoms with van der Waals surface area (Å²) >= 11 is 0. The highest BCUT2D eigenvalue weighted by Crippen LogP contribution is 2.32. The van der Waals surface area contributed by atoms with Crippen LogP contribution in [-0.2, 0) is 20.9 Å². The van der Waals surface area contributed by atoms with Gasteiger partial charge in [0.15, 0.2) is 0 Å². The standard InChI is InChI=1S/C18H26F3N3O5S/c1-30(27,28)22-10-14-16(17(26)15(11-25)29-14)24-7-5-23(6-8-24)13-4-2-3-12(9-13)18(19,20)21/h2-4,9,14-17,22,25-26H,5-8,10-11H2,1H3. The molecule has 30 heavy (non-hydrogen) atoms. The van der Waals surface area contributed by atoms with Crippen molar-refractivity contribution in [2.75, 3.05) is 50.5 Å². The van der Waals surface area contributed by atoms with Gasteiger partial charge in [-0.1, -0.05) is 6.07 Å². The minimum Gasteiger partial charge on any atom is -0.394 e. The van der Waals surface area contributed by atoms with Crippen LogP contribution in [0.5, 0.6) is 0 Å². The Morgan fingerprint density at radius 3 is 2.43 bits per heavy atom. The van der Waals surface area contributed by atoms with E-state index in [1.807, 2.05) is 9.80 Å². The largest absolute Gasteiger partial charge is 0.416 e. The van der Waals surface area contributed by atoms with Crippen LogP contribution >= 0.6 is 0 Å². The number of hydrogen-bond acceptors (Lipinski definition) is 7. The van der Waals surface area contributed by atoms with Crippen LogP contribution in [-0.4, -0.2) is 93.5 Å². The van der Waals surface area contributed by atoms with Gasteiger partial charge in [0.2, 0.25) is 10.0 Å². The number of alkyl halides is 3. The van der Waals surface area contributed by atoms with Gasteiger partial charge in [-0.3, -0.25) is 4.90 Å². The molecule has 2 fully saturated rings. The number of rotatable bonds is 6. The minimum absolute atomic E-state index is 0.0507. The highest BCUT2D eigenvalue weighted by Gasteiger charge is 2.46. The first-order valence-corrected chi connectivity index (χ1v) is 11.4. The molecule has 1 aromatic rings. The maximum Gasteiger partial charge on any atom is 0.416 e. The van der Waals surface area contributed by atoms with Crippen molar-refractivity contribution in [2.45, 2.75) is 30.5 Å². The lowest BCUT2D eigenvalue weighted by atomic mass is 10.0. The second-order valence-corrected chi connectivity index (χ2v) is 9.40. The highest BCUT2D eigenvalue weighted by atomic mass is 32.2. The molecule has 0 aromatic heterocycles. The number of aliphatic hydroxyl groups excluding tert-OH is 2. The molecule has 0 bridgehead atoms. The number of ether oxygens (including phenoxy) is 1. The first kappa shape index (κ1) is 23.2. The monoisotopic (exact) mass is 453 g/mol. The van der Waals surface area contributed by atoms with Crippen molar-refractivity contribution in [3.63, 3.8) is 0 Å². The molecule has 0 spiro atoms. The Labute approximate surface area is 173 Å². The van der Waals surface area contributed by atoms with Gasteiger partial charge in [-0.05, 0) is 18.2 Å². The van der Waals surface area contributed by atoms with Crippen molar-refractivity contribution in [2.24, 2.45) is 0 Å². The third-order valence-corrected chi connectivity index (χ3v) is 6.15. The quantitative estimate of drug-likeness (QED) is 0.551. The summed E-state index contributed by atoms with van der Waals surface area (Å²) in [4.78, 5) is 3.76. The van der Waals surface area contributed by atoms with E-state index in [4.69, 9.17) is 4.74 Å². The molecule has 2 aliphatic rings. The van der Waals surface area contributed by atoms with Gasteiger partial charge in [-0.15, -0.1) is 0 Å². The van der Waals surface area contributed by atoms with Crippen molar-refractivity contribution >= 4 is 15.7 Å². The van der Waals surface area contributed by atoms with E-state index in [0.717, 1.165) is 18.4 Å². The highest BCUT2D eigenvalue weighted by molar-refractivity contribution is 7.88. The molecule has 8 nitrogen and oxygen atoms in total. The van der Waals surface area contributed by atoms with Crippen LogP contribution in [0, 0.1) is 0 Å². The molecule has 0 aliphatic carbocycles. The summed E-state index contributed by atoms with van der Waals surface area (Å²) in [5.41, 5.74) is -0.240. The van der Waals surface area contributed by atoms with Crippen LogP contribution in [0.25, 0.3) is 0 Å². The molecule has 0 amide bonds. The second kappa shape index (κ2) is 8.97. The van der Waals surface area contributed by atoms with Crippen LogP contribution in [0.15, 0.2) is 24.3 Å². The predicted octanol–water partition coefficient (Wildman–Crippen LogP) is -0.134. The fourth-order valence-corrected chi connectivity index (χ4v) is 4.45. The number of nitrogens with zero attached hydrogens (tertiary/aromatic N) is 2. The summed E-state index contributed by atoms with van der Waals surface area (Å²) in [5.74, 6) is 0. The molecule has 0 saturated carbocycles. The Hall–Kier alpha value is -1.44. The Morgan fingerprint density at radius 2 is 1.87 bits per heavy atom. The van der Waals surface area contributed by atoms with Gasteiger partial charge < -0.3 is 19.8 Å². The molecule has 2 saturated heterocycles. The summed E-state index contributed by atoms with van der Waals surface area (Å²) in [5, 5.41) is 20.0. The molecule has 2 heterocycles. The zero-order valence-corrected chi connectivity index (χ0v) is 17.2. The lowest BCUT2D eigenvalue weighted by molar-refractivity contribution is -0.137. The van der Waals surface area contributed by atoms with E-state index in [1.165, 1.54) is 6.07 Å². The van der Waals surface area contributed by atoms with Gasteiger partial charge in [0.05, 0.1) is 30.6 Å². The molecular formula is C18H26F3N3O5S. The average molecular weight is 453 g/mol. The van der Waals surface area contributed by atoms with Gasteiger partial charge >= 0.3 is 6.18 Å². The molecular weight excluding hydrogens is 427 g/mol. The molecule has 2 aliphatic heterocycles. The van der Waals surface area contributed by atoms with E-state index in [0.29, 0.717) is 31.9 Å². The van der Waals surface area contributed by atoms with Crippen molar-refractivity contribution in [1.82, 2.24) is 9.62 Å². The molecule has 3 N–H and O–H groups in total. The number of nitrogens with one attached hydrogen (secondary N) is 1. The Kier molecular flexibility index (Phi) is 6.94. The number of benzene rings is 1. The molecule has 1 aromatic carbocycles. The normalized spacial score (nSPS) is 28.8. The van der Waals surface area contributed by atoms with Gasteiger partial charge in [0.1, 0.15) is 12.2 Å². The molecule has 4 unspecified atom stereocenters. The molecule has 170 valence electrons. The molecule has 12 heteroatoms. The number of piperazine rings is 1. The second-order valence-electron chi connectivity index (χ2n) is 7.57. The zero-order chi connectivity index (χ0) is 22.1. The maximum atomic E-state index is 13.0. The number of halogens is 3. The minimum atomic E-state index is -4.41. The van der Waals surface area contributed by atoms with E-state index >= 15 is 0 Å². The van der Waals surface area contributed by atoms with Gasteiger partial charge in [0.25, 0.3) is 0 Å². The third-order valence-electron chi connectivity index (χ3n) is 5.46.